The smallest absolute Gasteiger partial charge is 0.237 e. The molecule has 0 saturated heterocycles. The van der Waals surface area contributed by atoms with Gasteiger partial charge in [0.2, 0.25) is 0 Å². The Morgan fingerprint density at radius 2 is 1.74 bits per heavy atom. The second-order valence-electron chi connectivity index (χ2n) is 4.91. The number of hydrogen-bond acceptors (Lipinski definition) is 2. The molecular formula is C16H14BrF4NS. The summed E-state index contributed by atoms with van der Waals surface area (Å²) in [5, 5.41) is 0. The third-order valence-corrected chi connectivity index (χ3v) is 4.55. The van der Waals surface area contributed by atoms with Crippen molar-refractivity contribution in [3.8, 4) is 0 Å². The molecule has 0 heterocycles. The Hall–Kier alpha value is -1.05. The van der Waals surface area contributed by atoms with Gasteiger partial charge in [0.25, 0.3) is 0 Å². The number of nitrogens with zero attached hydrogens (tertiary/aromatic N) is 1. The largest absolute Gasteiger partial charge is 0.402 e. The highest BCUT2D eigenvalue weighted by Crippen LogP contribution is 2.27. The fourth-order valence-electron chi connectivity index (χ4n) is 1.93. The lowest BCUT2D eigenvalue weighted by Gasteiger charge is -2.23. The van der Waals surface area contributed by atoms with Crippen molar-refractivity contribution in [2.75, 3.05) is 6.54 Å². The van der Waals surface area contributed by atoms with Gasteiger partial charge >= 0.3 is 6.18 Å². The molecule has 0 atom stereocenters. The first kappa shape index (κ1) is 18.3. The van der Waals surface area contributed by atoms with Crippen LogP contribution >= 0.6 is 27.9 Å². The van der Waals surface area contributed by atoms with E-state index in [1.165, 1.54) is 12.1 Å². The van der Waals surface area contributed by atoms with E-state index in [-0.39, 0.29) is 12.1 Å². The van der Waals surface area contributed by atoms with E-state index in [0.29, 0.717) is 10.2 Å². The molecule has 2 aromatic rings. The Labute approximate surface area is 144 Å². The lowest BCUT2D eigenvalue weighted by Crippen LogP contribution is -2.29. The third-order valence-electron chi connectivity index (χ3n) is 2.97. The average molecular weight is 408 g/mol. The summed E-state index contributed by atoms with van der Waals surface area (Å²) in [5.41, 5.74) is 1.15. The zero-order valence-electron chi connectivity index (χ0n) is 12.0. The van der Waals surface area contributed by atoms with Gasteiger partial charge in [-0.05, 0) is 17.7 Å². The summed E-state index contributed by atoms with van der Waals surface area (Å²) in [6.07, 6.45) is -4.34. The van der Waals surface area contributed by atoms with Crippen molar-refractivity contribution in [1.82, 2.24) is 4.31 Å². The molecule has 2 rings (SSSR count). The molecule has 0 amide bonds. The molecule has 23 heavy (non-hydrogen) atoms. The third kappa shape index (κ3) is 6.53. The highest BCUT2D eigenvalue weighted by atomic mass is 79.9. The van der Waals surface area contributed by atoms with Crippen molar-refractivity contribution < 1.29 is 17.6 Å². The van der Waals surface area contributed by atoms with Crippen LogP contribution in [0.5, 0.6) is 0 Å². The van der Waals surface area contributed by atoms with E-state index in [4.69, 9.17) is 0 Å². The first-order valence-corrected chi connectivity index (χ1v) is 8.49. The van der Waals surface area contributed by atoms with Crippen LogP contribution in [0.25, 0.3) is 0 Å². The maximum absolute atomic E-state index is 13.9. The predicted molar refractivity (Wildman–Crippen MR) is 88.3 cm³/mol. The second kappa shape index (κ2) is 8.17. The number of alkyl halides is 3. The number of halogens is 5. The molecule has 0 saturated carbocycles. The van der Waals surface area contributed by atoms with Crippen LogP contribution in [0.15, 0.2) is 53.0 Å². The summed E-state index contributed by atoms with van der Waals surface area (Å²) in [7, 11) is 0. The van der Waals surface area contributed by atoms with Gasteiger partial charge in [-0.15, -0.1) is 0 Å². The Morgan fingerprint density at radius 3 is 2.35 bits per heavy atom. The Balaban J connectivity index is 2.07. The Bertz CT molecular complexity index is 634. The minimum absolute atomic E-state index is 0.115. The fraction of sp³-hybridized carbons (Fsp3) is 0.250. The van der Waals surface area contributed by atoms with Gasteiger partial charge in [-0.25, -0.2) is 8.70 Å². The maximum atomic E-state index is 13.9. The van der Waals surface area contributed by atoms with Gasteiger partial charge in [0.15, 0.2) is 0 Å². The lowest BCUT2D eigenvalue weighted by molar-refractivity contribution is -0.135. The van der Waals surface area contributed by atoms with Crippen LogP contribution in [0, 0.1) is 5.82 Å². The van der Waals surface area contributed by atoms with Gasteiger partial charge in [0.05, 0.1) is 0 Å². The summed E-state index contributed by atoms with van der Waals surface area (Å²) in [6, 6.07) is 13.6. The lowest BCUT2D eigenvalue weighted by atomic mass is 10.2. The van der Waals surface area contributed by atoms with E-state index in [0.717, 1.165) is 21.8 Å². The van der Waals surface area contributed by atoms with Gasteiger partial charge < -0.3 is 0 Å². The van der Waals surface area contributed by atoms with E-state index in [1.54, 1.807) is 6.07 Å². The molecule has 0 radical (unpaired) electrons. The molecule has 0 N–H and O–H groups in total. The van der Waals surface area contributed by atoms with Gasteiger partial charge in [-0.1, -0.05) is 64.3 Å². The van der Waals surface area contributed by atoms with Gasteiger partial charge in [0, 0.05) is 22.3 Å². The Kier molecular flexibility index (Phi) is 6.50. The van der Waals surface area contributed by atoms with Crippen LogP contribution in [0.2, 0.25) is 0 Å². The monoisotopic (exact) mass is 407 g/mol. The van der Waals surface area contributed by atoms with Crippen molar-refractivity contribution in [3.05, 3.63) is 69.9 Å². The van der Waals surface area contributed by atoms with E-state index in [9.17, 15) is 17.6 Å². The predicted octanol–water partition coefficient (Wildman–Crippen LogP) is 5.80. The molecule has 0 aliphatic heterocycles. The summed E-state index contributed by atoms with van der Waals surface area (Å²) < 4.78 is 53.8. The highest BCUT2D eigenvalue weighted by molar-refractivity contribution is 9.10. The molecule has 1 nitrogen and oxygen atoms in total. The van der Waals surface area contributed by atoms with E-state index >= 15 is 0 Å². The molecular weight excluding hydrogens is 394 g/mol. The first-order chi connectivity index (χ1) is 10.8. The van der Waals surface area contributed by atoms with Crippen molar-refractivity contribution in [1.29, 1.82) is 0 Å². The molecule has 0 spiro atoms. The van der Waals surface area contributed by atoms with E-state index < -0.39 is 18.5 Å². The van der Waals surface area contributed by atoms with Crippen LogP contribution in [0.1, 0.15) is 11.1 Å². The second-order valence-corrected chi connectivity index (χ2v) is 6.89. The normalized spacial score (nSPS) is 11.9. The SMILES string of the molecule is Fc1cc(Br)ccc1CN(CC(F)(F)F)SCc1ccccc1. The highest BCUT2D eigenvalue weighted by Gasteiger charge is 2.31. The van der Waals surface area contributed by atoms with E-state index in [2.05, 4.69) is 15.9 Å². The zero-order valence-corrected chi connectivity index (χ0v) is 14.4. The molecule has 0 unspecified atom stereocenters. The maximum Gasteiger partial charge on any atom is 0.402 e. The molecule has 0 aliphatic rings. The van der Waals surface area contributed by atoms with Gasteiger partial charge in [-0.2, -0.15) is 13.2 Å². The molecule has 0 fully saturated rings. The van der Waals surface area contributed by atoms with Crippen molar-refractivity contribution >= 4 is 27.9 Å². The van der Waals surface area contributed by atoms with Gasteiger partial charge in [0.1, 0.15) is 12.4 Å². The minimum Gasteiger partial charge on any atom is -0.237 e. The van der Waals surface area contributed by atoms with Crippen molar-refractivity contribution in [2.45, 2.75) is 18.5 Å². The van der Waals surface area contributed by atoms with E-state index in [1.807, 2.05) is 30.3 Å². The van der Waals surface area contributed by atoms with Crippen LogP contribution in [-0.4, -0.2) is 17.0 Å². The minimum atomic E-state index is -4.34. The zero-order chi connectivity index (χ0) is 16.9. The molecule has 0 aromatic heterocycles. The first-order valence-electron chi connectivity index (χ1n) is 6.76. The summed E-state index contributed by atoms with van der Waals surface area (Å²) in [4.78, 5) is 0. The number of hydrogen-bond donors (Lipinski definition) is 0. The van der Waals surface area contributed by atoms with Crippen LogP contribution in [0.3, 0.4) is 0 Å². The fourth-order valence-corrected chi connectivity index (χ4v) is 3.25. The molecule has 124 valence electrons. The quantitative estimate of drug-likeness (QED) is 0.439. The summed E-state index contributed by atoms with van der Waals surface area (Å²) in [6.45, 7) is -1.21. The number of rotatable bonds is 6. The molecule has 0 bridgehead atoms. The topological polar surface area (TPSA) is 3.24 Å². The van der Waals surface area contributed by atoms with Crippen LogP contribution in [-0.2, 0) is 12.3 Å². The standard InChI is InChI=1S/C16H14BrF4NS/c17-14-7-6-13(15(18)8-14)9-22(11-16(19,20)21)23-10-12-4-2-1-3-5-12/h1-8H,9-11H2. The molecule has 7 heteroatoms. The summed E-state index contributed by atoms with van der Waals surface area (Å²) >= 11 is 4.18. The number of benzene rings is 2. The van der Waals surface area contributed by atoms with Crippen LogP contribution in [0.4, 0.5) is 17.6 Å². The van der Waals surface area contributed by atoms with Crippen molar-refractivity contribution in [3.63, 3.8) is 0 Å². The molecule has 2 aromatic carbocycles. The summed E-state index contributed by atoms with van der Waals surface area (Å²) in [5.74, 6) is -0.124. The van der Waals surface area contributed by atoms with Gasteiger partial charge in [-0.3, -0.25) is 0 Å². The van der Waals surface area contributed by atoms with Crippen LogP contribution < -0.4 is 0 Å². The molecule has 0 aliphatic carbocycles. The Morgan fingerprint density at radius 1 is 1.04 bits per heavy atom. The average Bonchev–Trinajstić information content (AvgIpc) is 2.47. The van der Waals surface area contributed by atoms with Crippen molar-refractivity contribution in [2.24, 2.45) is 0 Å².